The molecule has 27 heavy (non-hydrogen) atoms. The SMILES string of the molecule is COc1ccc2cc(C(=O)NCCS(=O)(=O)c3ccccc3)c(C)nc2c1. The highest BCUT2D eigenvalue weighted by atomic mass is 32.2. The molecule has 140 valence electrons. The molecule has 0 saturated heterocycles. The number of methoxy groups -OCH3 is 1. The molecule has 1 N–H and O–H groups in total. The topological polar surface area (TPSA) is 85.4 Å². The third-order valence-electron chi connectivity index (χ3n) is 4.22. The molecule has 1 aromatic heterocycles. The molecule has 0 aliphatic carbocycles. The zero-order chi connectivity index (χ0) is 19.4. The molecule has 0 spiro atoms. The number of nitrogens with zero attached hydrogens (tertiary/aromatic N) is 1. The summed E-state index contributed by atoms with van der Waals surface area (Å²) in [6.07, 6.45) is 0. The maximum absolute atomic E-state index is 12.5. The van der Waals surface area contributed by atoms with Gasteiger partial charge in [-0.15, -0.1) is 0 Å². The Morgan fingerprint density at radius 1 is 1.11 bits per heavy atom. The summed E-state index contributed by atoms with van der Waals surface area (Å²) in [6, 6.07) is 15.4. The molecule has 3 aromatic rings. The van der Waals surface area contributed by atoms with Gasteiger partial charge in [0.15, 0.2) is 9.84 Å². The van der Waals surface area contributed by atoms with Crippen molar-refractivity contribution in [1.82, 2.24) is 10.3 Å². The van der Waals surface area contributed by atoms with E-state index in [1.807, 2.05) is 6.07 Å². The van der Waals surface area contributed by atoms with Crippen molar-refractivity contribution in [3.8, 4) is 5.75 Å². The summed E-state index contributed by atoms with van der Waals surface area (Å²) in [5.74, 6) is 0.179. The molecular weight excluding hydrogens is 364 g/mol. The van der Waals surface area contributed by atoms with Crippen molar-refractivity contribution >= 4 is 26.6 Å². The minimum atomic E-state index is -3.43. The van der Waals surface area contributed by atoms with E-state index in [9.17, 15) is 13.2 Å². The molecular formula is C20H20N2O4S. The lowest BCUT2D eigenvalue weighted by molar-refractivity contribution is 0.0955. The second kappa shape index (κ2) is 7.75. The first kappa shape index (κ1) is 18.8. The molecule has 1 heterocycles. The molecule has 0 aliphatic rings. The first-order valence-corrected chi connectivity index (χ1v) is 10.1. The van der Waals surface area contributed by atoms with Gasteiger partial charge >= 0.3 is 0 Å². The van der Waals surface area contributed by atoms with Crippen LogP contribution in [0.25, 0.3) is 10.9 Å². The van der Waals surface area contributed by atoms with Crippen LogP contribution in [-0.4, -0.2) is 38.7 Å². The van der Waals surface area contributed by atoms with E-state index in [-0.39, 0.29) is 23.1 Å². The summed E-state index contributed by atoms with van der Waals surface area (Å²) >= 11 is 0. The number of ether oxygens (including phenoxy) is 1. The fourth-order valence-corrected chi connectivity index (χ4v) is 3.92. The fraction of sp³-hybridized carbons (Fsp3) is 0.200. The van der Waals surface area contributed by atoms with Gasteiger partial charge < -0.3 is 10.1 Å². The van der Waals surface area contributed by atoms with E-state index in [1.165, 1.54) is 0 Å². The monoisotopic (exact) mass is 384 g/mol. The molecule has 3 rings (SSSR count). The number of hydrogen-bond donors (Lipinski definition) is 1. The van der Waals surface area contributed by atoms with Crippen LogP contribution in [0.5, 0.6) is 5.75 Å². The largest absolute Gasteiger partial charge is 0.497 e. The van der Waals surface area contributed by atoms with Crippen LogP contribution >= 0.6 is 0 Å². The normalized spacial score (nSPS) is 11.3. The van der Waals surface area contributed by atoms with Crippen LogP contribution in [0, 0.1) is 6.92 Å². The lowest BCUT2D eigenvalue weighted by atomic mass is 10.1. The number of hydrogen-bond acceptors (Lipinski definition) is 5. The van der Waals surface area contributed by atoms with E-state index in [0.717, 1.165) is 10.9 Å². The number of amides is 1. The van der Waals surface area contributed by atoms with E-state index in [0.29, 0.717) is 17.0 Å². The first-order chi connectivity index (χ1) is 12.9. The van der Waals surface area contributed by atoms with Crippen molar-refractivity contribution in [3.63, 3.8) is 0 Å². The van der Waals surface area contributed by atoms with E-state index in [1.54, 1.807) is 62.6 Å². The van der Waals surface area contributed by atoms with Gasteiger partial charge in [-0.05, 0) is 37.3 Å². The number of aryl methyl sites for hydroxylation is 1. The third-order valence-corrected chi connectivity index (χ3v) is 5.95. The highest BCUT2D eigenvalue weighted by Gasteiger charge is 2.16. The summed E-state index contributed by atoms with van der Waals surface area (Å²) in [6.45, 7) is 1.77. The molecule has 0 saturated carbocycles. The zero-order valence-electron chi connectivity index (χ0n) is 15.1. The van der Waals surface area contributed by atoms with Gasteiger partial charge in [-0.25, -0.2) is 8.42 Å². The summed E-state index contributed by atoms with van der Waals surface area (Å²) in [5, 5.41) is 3.48. The van der Waals surface area contributed by atoms with Gasteiger partial charge in [0.1, 0.15) is 5.75 Å². The van der Waals surface area contributed by atoms with Crippen LogP contribution in [0.1, 0.15) is 16.1 Å². The molecule has 1 amide bonds. The predicted octanol–water partition coefficient (Wildman–Crippen LogP) is 2.76. The average Bonchev–Trinajstić information content (AvgIpc) is 2.67. The number of pyridine rings is 1. The average molecular weight is 384 g/mol. The Hall–Kier alpha value is -2.93. The van der Waals surface area contributed by atoms with Crippen LogP contribution in [0.4, 0.5) is 0 Å². The first-order valence-electron chi connectivity index (χ1n) is 8.42. The molecule has 6 nitrogen and oxygen atoms in total. The van der Waals surface area contributed by atoms with Crippen molar-refractivity contribution < 1.29 is 17.9 Å². The predicted molar refractivity (Wildman–Crippen MR) is 104 cm³/mol. The van der Waals surface area contributed by atoms with Gasteiger partial charge in [0.05, 0.1) is 34.5 Å². The zero-order valence-corrected chi connectivity index (χ0v) is 15.9. The Morgan fingerprint density at radius 2 is 1.85 bits per heavy atom. The molecule has 0 unspecified atom stereocenters. The molecule has 0 aliphatic heterocycles. The Labute approximate surface area is 158 Å². The van der Waals surface area contributed by atoms with E-state index >= 15 is 0 Å². The van der Waals surface area contributed by atoms with Gasteiger partial charge in [0.2, 0.25) is 0 Å². The van der Waals surface area contributed by atoms with Gasteiger partial charge in [0, 0.05) is 18.0 Å². The van der Waals surface area contributed by atoms with Crippen molar-refractivity contribution in [2.24, 2.45) is 0 Å². The molecule has 0 bridgehead atoms. The summed E-state index contributed by atoms with van der Waals surface area (Å²) in [5.41, 5.74) is 1.72. The lowest BCUT2D eigenvalue weighted by Gasteiger charge is -2.10. The second-order valence-corrected chi connectivity index (χ2v) is 8.18. The van der Waals surface area contributed by atoms with Crippen molar-refractivity contribution in [1.29, 1.82) is 0 Å². The highest BCUT2D eigenvalue weighted by Crippen LogP contribution is 2.21. The van der Waals surface area contributed by atoms with Crippen LogP contribution < -0.4 is 10.1 Å². The van der Waals surface area contributed by atoms with Crippen LogP contribution in [0.3, 0.4) is 0 Å². The quantitative estimate of drug-likeness (QED) is 0.706. The number of rotatable bonds is 6. The summed E-state index contributed by atoms with van der Waals surface area (Å²) in [4.78, 5) is 17.2. The van der Waals surface area contributed by atoms with E-state index in [4.69, 9.17) is 4.74 Å². The summed E-state index contributed by atoms with van der Waals surface area (Å²) < 4.78 is 29.7. The molecule has 0 atom stereocenters. The Morgan fingerprint density at radius 3 is 2.56 bits per heavy atom. The van der Waals surface area contributed by atoms with E-state index < -0.39 is 9.84 Å². The second-order valence-electron chi connectivity index (χ2n) is 6.07. The van der Waals surface area contributed by atoms with Crippen molar-refractivity contribution in [3.05, 3.63) is 65.9 Å². The maximum Gasteiger partial charge on any atom is 0.253 e. The van der Waals surface area contributed by atoms with Gasteiger partial charge in [-0.1, -0.05) is 18.2 Å². The maximum atomic E-state index is 12.5. The molecule has 2 aromatic carbocycles. The number of sulfone groups is 1. The Bertz CT molecular complexity index is 1080. The van der Waals surface area contributed by atoms with Gasteiger partial charge in [0.25, 0.3) is 5.91 Å². The van der Waals surface area contributed by atoms with E-state index in [2.05, 4.69) is 10.3 Å². The number of benzene rings is 2. The lowest BCUT2D eigenvalue weighted by Crippen LogP contribution is -2.29. The van der Waals surface area contributed by atoms with Crippen LogP contribution in [0.15, 0.2) is 59.5 Å². The van der Waals surface area contributed by atoms with Crippen LogP contribution in [-0.2, 0) is 9.84 Å². The number of aromatic nitrogens is 1. The van der Waals surface area contributed by atoms with Gasteiger partial charge in [-0.3, -0.25) is 9.78 Å². The number of carbonyl (C=O) groups is 1. The highest BCUT2D eigenvalue weighted by molar-refractivity contribution is 7.91. The number of nitrogens with one attached hydrogen (secondary N) is 1. The Kier molecular flexibility index (Phi) is 5.41. The molecule has 7 heteroatoms. The third kappa shape index (κ3) is 4.25. The number of fused-ring (bicyclic) bond motifs is 1. The minimum Gasteiger partial charge on any atom is -0.497 e. The van der Waals surface area contributed by atoms with Crippen LogP contribution in [0.2, 0.25) is 0 Å². The Balaban J connectivity index is 1.72. The van der Waals surface area contributed by atoms with Crippen molar-refractivity contribution in [2.45, 2.75) is 11.8 Å². The van der Waals surface area contributed by atoms with Crippen molar-refractivity contribution in [2.75, 3.05) is 19.4 Å². The van der Waals surface area contributed by atoms with Gasteiger partial charge in [-0.2, -0.15) is 0 Å². The molecule has 0 fully saturated rings. The fourth-order valence-electron chi connectivity index (χ4n) is 2.74. The smallest absolute Gasteiger partial charge is 0.253 e. The standard InChI is InChI=1S/C20H20N2O4S/c1-14-18(12-15-8-9-16(26-2)13-19(15)22-14)20(23)21-10-11-27(24,25)17-6-4-3-5-7-17/h3-9,12-13H,10-11H2,1-2H3,(H,21,23). The minimum absolute atomic E-state index is 0.0240. The summed E-state index contributed by atoms with van der Waals surface area (Å²) in [7, 11) is -1.85. The molecule has 0 radical (unpaired) electrons. The number of carbonyl (C=O) groups excluding carboxylic acids is 1.